The molecule has 6 nitrogen and oxygen atoms in total. The predicted molar refractivity (Wildman–Crippen MR) is 56.0 cm³/mol. The van der Waals surface area contributed by atoms with E-state index in [1.165, 1.54) is 6.92 Å². The molecular formula is C10H10F6O6. The van der Waals surface area contributed by atoms with E-state index in [4.69, 9.17) is 10.2 Å². The molecule has 0 aliphatic heterocycles. The predicted octanol–water partition coefficient (Wildman–Crippen LogP) is 1.47. The summed E-state index contributed by atoms with van der Waals surface area (Å²) in [5, 5.41) is 15.9. The van der Waals surface area contributed by atoms with Crippen molar-refractivity contribution in [3.8, 4) is 0 Å². The van der Waals surface area contributed by atoms with Gasteiger partial charge in [0.1, 0.15) is 5.92 Å². The first-order valence-electron chi connectivity index (χ1n) is 5.29. The van der Waals surface area contributed by atoms with Crippen molar-refractivity contribution in [2.75, 3.05) is 0 Å². The van der Waals surface area contributed by atoms with Gasteiger partial charge in [-0.15, -0.1) is 0 Å². The summed E-state index contributed by atoms with van der Waals surface area (Å²) in [4.78, 5) is 39.7. The lowest BCUT2D eigenvalue weighted by molar-refractivity contribution is -0.179. The molecule has 0 fully saturated rings. The standard InChI is InChI=1S/C6H7F3O3.C4H3F3O3/c1-2-3(5(11)12)4(10)6(7,8)9;5-1(4(9)10)2(8)3(6)7/h3H,2H2,1H3,(H,11,12);1,3H,(H,9,10). The van der Waals surface area contributed by atoms with Crippen molar-refractivity contribution in [2.24, 2.45) is 5.92 Å². The summed E-state index contributed by atoms with van der Waals surface area (Å²) in [6.07, 6.45) is -12.1. The summed E-state index contributed by atoms with van der Waals surface area (Å²) in [6.45, 7) is 1.21. The summed E-state index contributed by atoms with van der Waals surface area (Å²) < 4.78 is 69.0. The zero-order valence-corrected chi connectivity index (χ0v) is 10.7. The molecule has 0 aromatic rings. The molecule has 0 radical (unpaired) electrons. The maximum atomic E-state index is 11.7. The number of alkyl halides is 6. The second-order valence-electron chi connectivity index (χ2n) is 3.56. The first-order chi connectivity index (χ1) is 9.77. The first-order valence-corrected chi connectivity index (χ1v) is 5.29. The molecule has 22 heavy (non-hydrogen) atoms. The van der Waals surface area contributed by atoms with Crippen LogP contribution in [0, 0.1) is 5.92 Å². The molecule has 0 aromatic carbocycles. The van der Waals surface area contributed by atoms with Crippen LogP contribution in [0.4, 0.5) is 26.3 Å². The molecule has 0 bridgehead atoms. The van der Waals surface area contributed by atoms with Crippen LogP contribution in [0.2, 0.25) is 0 Å². The van der Waals surface area contributed by atoms with E-state index in [0.29, 0.717) is 0 Å². The monoisotopic (exact) mass is 340 g/mol. The molecule has 0 aliphatic carbocycles. The van der Waals surface area contributed by atoms with Gasteiger partial charge in [0.05, 0.1) is 0 Å². The van der Waals surface area contributed by atoms with Gasteiger partial charge >= 0.3 is 18.1 Å². The molecule has 2 atom stereocenters. The van der Waals surface area contributed by atoms with E-state index in [0.717, 1.165) is 0 Å². The number of hydrogen-bond donors (Lipinski definition) is 2. The van der Waals surface area contributed by atoms with Crippen LogP contribution in [0.25, 0.3) is 0 Å². The lowest BCUT2D eigenvalue weighted by atomic mass is 10.0. The Balaban J connectivity index is 0. The molecular weight excluding hydrogens is 330 g/mol. The minimum atomic E-state index is -5.06. The molecule has 0 saturated heterocycles. The second-order valence-corrected chi connectivity index (χ2v) is 3.56. The molecule has 0 heterocycles. The third kappa shape index (κ3) is 7.59. The number of hydrogen-bond acceptors (Lipinski definition) is 4. The van der Waals surface area contributed by atoms with E-state index >= 15 is 0 Å². The molecule has 0 aliphatic rings. The summed E-state index contributed by atoms with van der Waals surface area (Å²) in [5.74, 6) is -10.3. The number of halogens is 6. The van der Waals surface area contributed by atoms with Gasteiger partial charge in [-0.2, -0.15) is 13.2 Å². The fourth-order valence-corrected chi connectivity index (χ4v) is 0.902. The third-order valence-electron chi connectivity index (χ3n) is 1.98. The minimum Gasteiger partial charge on any atom is -0.481 e. The van der Waals surface area contributed by atoms with E-state index < -0.39 is 48.2 Å². The summed E-state index contributed by atoms with van der Waals surface area (Å²) >= 11 is 0. The zero-order chi connectivity index (χ0) is 18.2. The quantitative estimate of drug-likeness (QED) is 0.560. The van der Waals surface area contributed by atoms with Crippen LogP contribution in [-0.4, -0.2) is 52.5 Å². The first kappa shape index (κ1) is 22.1. The molecule has 0 saturated carbocycles. The molecule has 0 rings (SSSR count). The molecule has 2 unspecified atom stereocenters. The van der Waals surface area contributed by atoms with Gasteiger partial charge in [-0.1, -0.05) is 6.92 Å². The Hall–Kier alpha value is -2.14. The van der Waals surface area contributed by atoms with Crippen LogP contribution in [0.5, 0.6) is 0 Å². The van der Waals surface area contributed by atoms with Crippen molar-refractivity contribution in [3.05, 3.63) is 0 Å². The van der Waals surface area contributed by atoms with Gasteiger partial charge in [-0.3, -0.25) is 14.4 Å². The SMILES string of the molecule is CCC(C(=O)O)C(=O)C(F)(F)F.O=C(O)C(F)C(=O)C(F)F. The Morgan fingerprint density at radius 2 is 1.36 bits per heavy atom. The Bertz CT molecular complexity index is 432. The number of carboxylic acid groups (broad SMARTS) is 2. The van der Waals surface area contributed by atoms with Gasteiger partial charge < -0.3 is 10.2 Å². The fraction of sp³-hybridized carbons (Fsp3) is 0.600. The van der Waals surface area contributed by atoms with Crippen molar-refractivity contribution in [1.29, 1.82) is 0 Å². The average Bonchev–Trinajstić information content (AvgIpc) is 2.36. The molecule has 2 N–H and O–H groups in total. The lowest BCUT2D eigenvalue weighted by Crippen LogP contribution is -2.34. The van der Waals surface area contributed by atoms with Gasteiger partial charge in [0.25, 0.3) is 12.6 Å². The van der Waals surface area contributed by atoms with Crippen LogP contribution in [0.15, 0.2) is 0 Å². The molecule has 0 amide bonds. The molecule has 0 spiro atoms. The van der Waals surface area contributed by atoms with Crippen molar-refractivity contribution in [1.82, 2.24) is 0 Å². The average molecular weight is 340 g/mol. The Labute approximate surface area is 118 Å². The summed E-state index contributed by atoms with van der Waals surface area (Å²) in [7, 11) is 0. The Kier molecular flexibility index (Phi) is 9.06. The minimum absolute atomic E-state index is 0.353. The van der Waals surface area contributed by atoms with Gasteiger partial charge in [-0.05, 0) is 6.42 Å². The molecule has 128 valence electrons. The number of carbonyl (C=O) groups is 4. The number of carboxylic acids is 2. The van der Waals surface area contributed by atoms with Crippen molar-refractivity contribution < 1.29 is 55.7 Å². The Morgan fingerprint density at radius 1 is 0.955 bits per heavy atom. The highest BCUT2D eigenvalue weighted by molar-refractivity contribution is 6.02. The van der Waals surface area contributed by atoms with Crippen LogP contribution in [0.3, 0.4) is 0 Å². The van der Waals surface area contributed by atoms with Gasteiger partial charge in [0.2, 0.25) is 11.6 Å². The highest BCUT2D eigenvalue weighted by Gasteiger charge is 2.45. The van der Waals surface area contributed by atoms with Crippen LogP contribution >= 0.6 is 0 Å². The van der Waals surface area contributed by atoms with Crippen molar-refractivity contribution in [2.45, 2.75) is 32.1 Å². The molecule has 12 heteroatoms. The number of carbonyl (C=O) groups excluding carboxylic acids is 2. The topological polar surface area (TPSA) is 109 Å². The maximum Gasteiger partial charge on any atom is 0.450 e. The van der Waals surface area contributed by atoms with Gasteiger partial charge in [-0.25, -0.2) is 18.0 Å². The number of aliphatic carboxylic acids is 2. The summed E-state index contributed by atoms with van der Waals surface area (Å²) in [6, 6.07) is 0. The van der Waals surface area contributed by atoms with Gasteiger partial charge in [0.15, 0.2) is 0 Å². The van der Waals surface area contributed by atoms with E-state index in [-0.39, 0.29) is 6.42 Å². The number of ketones is 2. The van der Waals surface area contributed by atoms with Crippen LogP contribution in [0.1, 0.15) is 13.3 Å². The highest BCUT2D eigenvalue weighted by atomic mass is 19.4. The van der Waals surface area contributed by atoms with Gasteiger partial charge in [0, 0.05) is 0 Å². The smallest absolute Gasteiger partial charge is 0.450 e. The van der Waals surface area contributed by atoms with Crippen LogP contribution in [-0.2, 0) is 19.2 Å². The van der Waals surface area contributed by atoms with E-state index in [2.05, 4.69) is 0 Å². The lowest BCUT2D eigenvalue weighted by Gasteiger charge is -2.10. The van der Waals surface area contributed by atoms with E-state index in [9.17, 15) is 45.5 Å². The second kappa shape index (κ2) is 9.00. The summed E-state index contributed by atoms with van der Waals surface area (Å²) in [5.41, 5.74) is 0. The Morgan fingerprint density at radius 3 is 1.45 bits per heavy atom. The third-order valence-corrected chi connectivity index (χ3v) is 1.98. The van der Waals surface area contributed by atoms with Crippen LogP contribution < -0.4 is 0 Å². The number of rotatable bonds is 6. The van der Waals surface area contributed by atoms with E-state index in [1.54, 1.807) is 0 Å². The normalized spacial score (nSPS) is 13.6. The van der Waals surface area contributed by atoms with Crippen molar-refractivity contribution >= 4 is 23.5 Å². The molecule has 0 aromatic heterocycles. The maximum absolute atomic E-state index is 11.7. The zero-order valence-electron chi connectivity index (χ0n) is 10.7. The fourth-order valence-electron chi connectivity index (χ4n) is 0.902. The highest BCUT2D eigenvalue weighted by Crippen LogP contribution is 2.22. The van der Waals surface area contributed by atoms with Crippen molar-refractivity contribution in [3.63, 3.8) is 0 Å². The van der Waals surface area contributed by atoms with E-state index in [1.807, 2.05) is 0 Å². The number of Topliss-reactive ketones (excluding diaryl/α,β-unsaturated/α-hetero) is 2. The largest absolute Gasteiger partial charge is 0.481 e.